The number of anilines is 1. The van der Waals surface area contributed by atoms with E-state index in [0.717, 1.165) is 30.9 Å². The number of nitrogens with one attached hydrogen (secondary N) is 1. The zero-order chi connectivity index (χ0) is 13.5. The van der Waals surface area contributed by atoms with Crippen molar-refractivity contribution >= 4 is 5.69 Å². The molecule has 0 aliphatic carbocycles. The van der Waals surface area contributed by atoms with Crippen LogP contribution in [-0.4, -0.2) is 20.2 Å². The lowest BCUT2D eigenvalue weighted by Crippen LogP contribution is -2.27. The molecular formula is C15H26N2O. The summed E-state index contributed by atoms with van der Waals surface area (Å²) in [6, 6.07) is 6.24. The van der Waals surface area contributed by atoms with Gasteiger partial charge < -0.3 is 15.8 Å². The summed E-state index contributed by atoms with van der Waals surface area (Å²) >= 11 is 0. The number of rotatable bonds is 7. The number of aryl methyl sites for hydroxylation is 1. The Bertz CT molecular complexity index is 364. The number of nitrogens with two attached hydrogens (primary N) is 1. The predicted molar refractivity (Wildman–Crippen MR) is 78.2 cm³/mol. The lowest BCUT2D eigenvalue weighted by atomic mass is 9.96. The van der Waals surface area contributed by atoms with Crippen LogP contribution in [0.4, 0.5) is 5.69 Å². The quantitative estimate of drug-likeness (QED) is 0.782. The van der Waals surface area contributed by atoms with Gasteiger partial charge in [0.1, 0.15) is 5.75 Å². The molecule has 0 saturated heterocycles. The van der Waals surface area contributed by atoms with Crippen molar-refractivity contribution in [2.45, 2.75) is 27.2 Å². The fourth-order valence-electron chi connectivity index (χ4n) is 2.00. The molecule has 102 valence electrons. The van der Waals surface area contributed by atoms with E-state index in [9.17, 15) is 0 Å². The molecule has 0 aliphatic heterocycles. The van der Waals surface area contributed by atoms with Crippen molar-refractivity contribution in [2.75, 3.05) is 25.5 Å². The number of hydrogen-bond donors (Lipinski definition) is 2. The third-order valence-corrected chi connectivity index (χ3v) is 3.48. The summed E-state index contributed by atoms with van der Waals surface area (Å²) < 4.78 is 5.33. The first-order chi connectivity index (χ1) is 8.62. The zero-order valence-corrected chi connectivity index (χ0v) is 12.0. The number of ether oxygens (including phenoxy) is 1. The number of hydrogen-bond acceptors (Lipinski definition) is 3. The van der Waals surface area contributed by atoms with Crippen LogP contribution in [0, 0.1) is 11.8 Å². The molecule has 1 rings (SSSR count). The van der Waals surface area contributed by atoms with Crippen molar-refractivity contribution in [2.24, 2.45) is 17.6 Å². The average molecular weight is 250 g/mol. The van der Waals surface area contributed by atoms with E-state index in [2.05, 4.69) is 38.2 Å². The van der Waals surface area contributed by atoms with Gasteiger partial charge in [0, 0.05) is 12.2 Å². The molecule has 0 aromatic heterocycles. The first-order valence-corrected chi connectivity index (χ1v) is 6.73. The highest BCUT2D eigenvalue weighted by Crippen LogP contribution is 2.23. The van der Waals surface area contributed by atoms with Crippen LogP contribution < -0.4 is 15.8 Å². The average Bonchev–Trinajstić information content (AvgIpc) is 2.38. The highest BCUT2D eigenvalue weighted by Gasteiger charge is 2.11. The van der Waals surface area contributed by atoms with E-state index in [4.69, 9.17) is 10.5 Å². The second-order valence-corrected chi connectivity index (χ2v) is 5.00. The molecule has 1 atom stereocenters. The standard InChI is InChI=1S/C15H26N2O/c1-5-12-8-14(6-7-15(12)18-4)17-10-13(9-16)11(2)3/h6-8,11,13,17H,5,9-10,16H2,1-4H3. The molecule has 3 N–H and O–H groups in total. The van der Waals surface area contributed by atoms with Crippen molar-refractivity contribution in [3.05, 3.63) is 23.8 Å². The topological polar surface area (TPSA) is 47.3 Å². The van der Waals surface area contributed by atoms with Crippen molar-refractivity contribution in [3.63, 3.8) is 0 Å². The minimum Gasteiger partial charge on any atom is -0.496 e. The van der Waals surface area contributed by atoms with Gasteiger partial charge in [0.25, 0.3) is 0 Å². The molecule has 1 aromatic carbocycles. The molecule has 0 heterocycles. The van der Waals surface area contributed by atoms with E-state index in [1.807, 2.05) is 6.07 Å². The van der Waals surface area contributed by atoms with Gasteiger partial charge in [-0.2, -0.15) is 0 Å². The summed E-state index contributed by atoms with van der Waals surface area (Å²) in [6.45, 7) is 8.21. The molecule has 0 amide bonds. The van der Waals surface area contributed by atoms with Crippen molar-refractivity contribution in [1.82, 2.24) is 0 Å². The zero-order valence-electron chi connectivity index (χ0n) is 12.0. The van der Waals surface area contributed by atoms with Gasteiger partial charge in [-0.1, -0.05) is 20.8 Å². The van der Waals surface area contributed by atoms with E-state index in [0.29, 0.717) is 11.8 Å². The lowest BCUT2D eigenvalue weighted by Gasteiger charge is -2.20. The minimum absolute atomic E-state index is 0.511. The number of methoxy groups -OCH3 is 1. The minimum atomic E-state index is 0.511. The van der Waals surface area contributed by atoms with Gasteiger partial charge in [0.15, 0.2) is 0 Å². The lowest BCUT2D eigenvalue weighted by molar-refractivity contribution is 0.409. The highest BCUT2D eigenvalue weighted by molar-refractivity contribution is 5.51. The van der Waals surface area contributed by atoms with E-state index in [-0.39, 0.29) is 0 Å². The van der Waals surface area contributed by atoms with E-state index < -0.39 is 0 Å². The van der Waals surface area contributed by atoms with Crippen LogP contribution in [0.2, 0.25) is 0 Å². The van der Waals surface area contributed by atoms with Crippen LogP contribution in [0.1, 0.15) is 26.3 Å². The van der Waals surface area contributed by atoms with Crippen molar-refractivity contribution in [3.8, 4) is 5.75 Å². The van der Waals surface area contributed by atoms with Gasteiger partial charge in [0.2, 0.25) is 0 Å². The normalized spacial score (nSPS) is 12.6. The fourth-order valence-corrected chi connectivity index (χ4v) is 2.00. The van der Waals surface area contributed by atoms with E-state index >= 15 is 0 Å². The highest BCUT2D eigenvalue weighted by atomic mass is 16.5. The maximum absolute atomic E-state index is 5.78. The van der Waals surface area contributed by atoms with Crippen LogP contribution in [-0.2, 0) is 6.42 Å². The van der Waals surface area contributed by atoms with E-state index in [1.54, 1.807) is 7.11 Å². The van der Waals surface area contributed by atoms with Gasteiger partial charge in [-0.25, -0.2) is 0 Å². The Balaban J connectivity index is 2.67. The number of benzene rings is 1. The van der Waals surface area contributed by atoms with Crippen LogP contribution in [0.5, 0.6) is 5.75 Å². The molecule has 3 nitrogen and oxygen atoms in total. The summed E-state index contributed by atoms with van der Waals surface area (Å²) in [5, 5.41) is 3.47. The van der Waals surface area contributed by atoms with Gasteiger partial charge in [-0.15, -0.1) is 0 Å². The molecule has 0 saturated carbocycles. The summed E-state index contributed by atoms with van der Waals surface area (Å²) in [5.41, 5.74) is 8.16. The monoisotopic (exact) mass is 250 g/mol. The van der Waals surface area contributed by atoms with Gasteiger partial charge >= 0.3 is 0 Å². The molecular weight excluding hydrogens is 224 g/mol. The molecule has 0 bridgehead atoms. The summed E-state index contributed by atoms with van der Waals surface area (Å²) in [7, 11) is 1.71. The Morgan fingerprint density at radius 2 is 2.06 bits per heavy atom. The molecule has 3 heteroatoms. The molecule has 0 radical (unpaired) electrons. The third-order valence-electron chi connectivity index (χ3n) is 3.48. The van der Waals surface area contributed by atoms with Crippen LogP contribution in [0.25, 0.3) is 0 Å². The van der Waals surface area contributed by atoms with Crippen LogP contribution >= 0.6 is 0 Å². The van der Waals surface area contributed by atoms with Gasteiger partial charge in [-0.3, -0.25) is 0 Å². The Morgan fingerprint density at radius 3 is 2.56 bits per heavy atom. The summed E-state index contributed by atoms with van der Waals surface area (Å²) in [4.78, 5) is 0. The second kappa shape index (κ2) is 7.27. The first kappa shape index (κ1) is 14.8. The summed E-state index contributed by atoms with van der Waals surface area (Å²) in [6.07, 6.45) is 0.975. The molecule has 1 aromatic rings. The largest absolute Gasteiger partial charge is 0.496 e. The Kier molecular flexibility index (Phi) is 5.99. The maximum Gasteiger partial charge on any atom is 0.122 e. The fraction of sp³-hybridized carbons (Fsp3) is 0.600. The molecule has 0 spiro atoms. The predicted octanol–water partition coefficient (Wildman–Crippen LogP) is 2.90. The van der Waals surface area contributed by atoms with Crippen LogP contribution in [0.3, 0.4) is 0 Å². The van der Waals surface area contributed by atoms with Crippen molar-refractivity contribution < 1.29 is 4.74 Å². The van der Waals surface area contributed by atoms with Gasteiger partial charge in [-0.05, 0) is 48.6 Å². The third kappa shape index (κ3) is 3.91. The Hall–Kier alpha value is -1.22. The van der Waals surface area contributed by atoms with Crippen LogP contribution in [0.15, 0.2) is 18.2 Å². The Morgan fingerprint density at radius 1 is 1.33 bits per heavy atom. The molecule has 1 unspecified atom stereocenters. The smallest absolute Gasteiger partial charge is 0.122 e. The Labute approximate surface area is 111 Å². The SMILES string of the molecule is CCc1cc(NCC(CN)C(C)C)ccc1OC. The second-order valence-electron chi connectivity index (χ2n) is 5.00. The first-order valence-electron chi connectivity index (χ1n) is 6.73. The summed E-state index contributed by atoms with van der Waals surface area (Å²) in [5.74, 6) is 2.07. The maximum atomic E-state index is 5.78. The molecule has 0 aliphatic rings. The van der Waals surface area contributed by atoms with Gasteiger partial charge in [0.05, 0.1) is 7.11 Å². The van der Waals surface area contributed by atoms with Crippen molar-refractivity contribution in [1.29, 1.82) is 0 Å². The molecule has 0 fully saturated rings. The molecule has 18 heavy (non-hydrogen) atoms. The van der Waals surface area contributed by atoms with E-state index in [1.165, 1.54) is 5.56 Å².